The Kier molecular flexibility index (Phi) is 14.3. The Morgan fingerprint density at radius 3 is 2.33 bits per heavy atom. The Hall–Kier alpha value is -1.66. The van der Waals surface area contributed by atoms with Crippen LogP contribution in [-0.2, 0) is 28.5 Å². The fourth-order valence-corrected chi connectivity index (χ4v) is 3.95. The van der Waals surface area contributed by atoms with E-state index >= 15 is 0 Å². The van der Waals surface area contributed by atoms with E-state index < -0.39 is 0 Å². The van der Waals surface area contributed by atoms with Gasteiger partial charge in [-0.25, -0.2) is 9.59 Å². The second-order valence-electron chi connectivity index (χ2n) is 9.69. The molecule has 4 unspecified atom stereocenters. The van der Waals surface area contributed by atoms with Gasteiger partial charge in [-0.1, -0.05) is 60.6 Å². The Balaban J connectivity index is 0.000000331. The van der Waals surface area contributed by atoms with Crippen LogP contribution in [0.5, 0.6) is 0 Å². The summed E-state index contributed by atoms with van der Waals surface area (Å²) in [5, 5.41) is 0. The molecule has 2 aliphatic heterocycles. The zero-order chi connectivity index (χ0) is 24.8. The fraction of sp³-hybridized carbons (Fsp3) is 0.778. The quantitative estimate of drug-likeness (QED) is 0.291. The number of esters is 2. The average molecular weight is 467 g/mol. The molecule has 0 aromatic heterocycles. The normalized spacial score (nSPS) is 24.9. The third-order valence-electron chi connectivity index (χ3n) is 6.09. The average Bonchev–Trinajstić information content (AvgIpc) is 2.78. The van der Waals surface area contributed by atoms with Gasteiger partial charge in [0.25, 0.3) is 0 Å². The molecule has 0 amide bonds. The minimum atomic E-state index is -0.381. The van der Waals surface area contributed by atoms with Crippen molar-refractivity contribution in [3.05, 3.63) is 24.3 Å². The Morgan fingerprint density at radius 1 is 1.06 bits per heavy atom. The maximum absolute atomic E-state index is 11.7. The molecule has 2 rings (SSSR count). The van der Waals surface area contributed by atoms with E-state index in [1.807, 2.05) is 6.92 Å². The Morgan fingerprint density at radius 2 is 1.79 bits per heavy atom. The molecule has 0 radical (unpaired) electrons. The molecule has 0 aromatic carbocycles. The van der Waals surface area contributed by atoms with Crippen molar-refractivity contribution in [1.82, 2.24) is 0 Å². The van der Waals surface area contributed by atoms with Crippen LogP contribution in [0.4, 0.5) is 0 Å². The van der Waals surface area contributed by atoms with Crippen molar-refractivity contribution in [2.75, 3.05) is 19.8 Å². The van der Waals surface area contributed by atoms with Gasteiger partial charge in [-0.3, -0.25) is 0 Å². The van der Waals surface area contributed by atoms with E-state index in [0.717, 1.165) is 45.1 Å². The number of carbonyl (C=O) groups excluding carboxylic acids is 2. The van der Waals surface area contributed by atoms with E-state index in [4.69, 9.17) is 18.9 Å². The van der Waals surface area contributed by atoms with Crippen LogP contribution >= 0.6 is 0 Å². The predicted molar refractivity (Wildman–Crippen MR) is 131 cm³/mol. The third-order valence-corrected chi connectivity index (χ3v) is 6.09. The number of carbonyl (C=O) groups is 2. The van der Waals surface area contributed by atoms with Crippen LogP contribution in [0.3, 0.4) is 0 Å². The molecule has 2 fully saturated rings. The van der Waals surface area contributed by atoms with E-state index in [1.165, 1.54) is 0 Å². The minimum absolute atomic E-state index is 0.0875. The highest BCUT2D eigenvalue weighted by Gasteiger charge is 2.29. The second kappa shape index (κ2) is 16.0. The highest BCUT2D eigenvalue weighted by molar-refractivity contribution is 5.88. The van der Waals surface area contributed by atoms with Gasteiger partial charge in [-0.2, -0.15) is 0 Å². The van der Waals surface area contributed by atoms with Gasteiger partial charge < -0.3 is 18.9 Å². The Bertz CT molecular complexity index is 620. The lowest BCUT2D eigenvalue weighted by molar-refractivity contribution is -0.196. The molecule has 0 saturated carbocycles. The largest absolute Gasteiger partial charge is 0.460 e. The molecule has 2 heterocycles. The van der Waals surface area contributed by atoms with Crippen molar-refractivity contribution < 1.29 is 28.5 Å². The van der Waals surface area contributed by atoms with Crippen LogP contribution in [0.2, 0.25) is 0 Å². The van der Waals surface area contributed by atoms with E-state index in [-0.39, 0.29) is 24.3 Å². The molecule has 2 aliphatic rings. The lowest BCUT2D eigenvalue weighted by atomic mass is 9.88. The van der Waals surface area contributed by atoms with E-state index in [0.29, 0.717) is 55.0 Å². The van der Waals surface area contributed by atoms with Gasteiger partial charge in [0.15, 0.2) is 0 Å². The van der Waals surface area contributed by atoms with Gasteiger partial charge in [-0.05, 0) is 49.9 Å². The molecule has 0 N–H and O–H groups in total. The molecule has 6 heteroatoms. The van der Waals surface area contributed by atoms with Crippen molar-refractivity contribution in [2.24, 2.45) is 17.8 Å². The van der Waals surface area contributed by atoms with Gasteiger partial charge in [0.05, 0.1) is 12.7 Å². The molecule has 0 spiro atoms. The van der Waals surface area contributed by atoms with Crippen LogP contribution in [0.1, 0.15) is 86.0 Å². The first-order valence-electron chi connectivity index (χ1n) is 12.6. The summed E-state index contributed by atoms with van der Waals surface area (Å²) >= 11 is 0. The van der Waals surface area contributed by atoms with Crippen LogP contribution in [0.15, 0.2) is 24.3 Å². The highest BCUT2D eigenvalue weighted by Crippen LogP contribution is 2.28. The van der Waals surface area contributed by atoms with Crippen molar-refractivity contribution in [3.63, 3.8) is 0 Å². The third kappa shape index (κ3) is 11.9. The summed E-state index contributed by atoms with van der Waals surface area (Å²) in [5.74, 6) is 0.989. The SMILES string of the molecule is C=C(CC(C)C)C(=O)OCC1CCCCO1.C=C(CCC)C(=O)OC1CC(C)C(CC)CO1. The number of ether oxygens (including phenoxy) is 4. The molecule has 0 aliphatic carbocycles. The van der Waals surface area contributed by atoms with E-state index in [9.17, 15) is 9.59 Å². The van der Waals surface area contributed by atoms with Gasteiger partial charge >= 0.3 is 11.9 Å². The van der Waals surface area contributed by atoms with Gasteiger partial charge in [0, 0.05) is 24.2 Å². The standard InChI is InChI=1S/C14H24O3.C13H22O3/c1-5-7-10(3)14(15)17-13-8-11(4)12(6-2)9-16-13;1-10(2)8-11(3)13(14)16-9-12-6-4-5-7-15-12/h11-13H,3,5-9H2,1-2,4H3;10,12H,3-9H2,1-2H3. The maximum Gasteiger partial charge on any atom is 0.335 e. The summed E-state index contributed by atoms with van der Waals surface area (Å²) in [6, 6.07) is 0. The first-order valence-corrected chi connectivity index (χ1v) is 12.6. The Labute approximate surface area is 201 Å². The monoisotopic (exact) mass is 466 g/mol. The lowest BCUT2D eigenvalue weighted by Gasteiger charge is -2.33. The maximum atomic E-state index is 11.7. The highest BCUT2D eigenvalue weighted by atomic mass is 16.7. The molecule has 190 valence electrons. The summed E-state index contributed by atoms with van der Waals surface area (Å²) in [6.45, 7) is 19.8. The summed E-state index contributed by atoms with van der Waals surface area (Å²) < 4.78 is 21.5. The number of rotatable bonds is 10. The van der Waals surface area contributed by atoms with Crippen molar-refractivity contribution in [2.45, 2.75) is 98.4 Å². The summed E-state index contributed by atoms with van der Waals surface area (Å²) in [6.07, 6.45) is 7.19. The van der Waals surface area contributed by atoms with Crippen molar-refractivity contribution in [1.29, 1.82) is 0 Å². The first-order chi connectivity index (χ1) is 15.7. The molecule has 2 saturated heterocycles. The summed E-state index contributed by atoms with van der Waals surface area (Å²) in [5.41, 5.74) is 1.10. The van der Waals surface area contributed by atoms with Gasteiger partial charge in [0.1, 0.15) is 6.61 Å². The molecular formula is C27H46O6. The zero-order valence-electron chi connectivity index (χ0n) is 21.5. The van der Waals surface area contributed by atoms with E-state index in [2.05, 4.69) is 40.9 Å². The fourth-order valence-electron chi connectivity index (χ4n) is 3.95. The minimum Gasteiger partial charge on any atom is -0.460 e. The smallest absolute Gasteiger partial charge is 0.335 e. The lowest BCUT2D eigenvalue weighted by Crippen LogP contribution is -2.35. The number of hydrogen-bond donors (Lipinski definition) is 0. The van der Waals surface area contributed by atoms with Gasteiger partial charge in [-0.15, -0.1) is 0 Å². The van der Waals surface area contributed by atoms with Crippen LogP contribution < -0.4 is 0 Å². The second-order valence-corrected chi connectivity index (χ2v) is 9.69. The van der Waals surface area contributed by atoms with E-state index in [1.54, 1.807) is 0 Å². The predicted octanol–water partition coefficient (Wildman–Crippen LogP) is 6.00. The van der Waals surface area contributed by atoms with Gasteiger partial charge in [0.2, 0.25) is 6.29 Å². The van der Waals surface area contributed by atoms with Crippen molar-refractivity contribution >= 4 is 11.9 Å². The van der Waals surface area contributed by atoms with Crippen LogP contribution in [0, 0.1) is 17.8 Å². The van der Waals surface area contributed by atoms with Crippen LogP contribution in [0.25, 0.3) is 0 Å². The number of hydrogen-bond acceptors (Lipinski definition) is 6. The first kappa shape index (κ1) is 29.4. The molecule has 0 bridgehead atoms. The molecule has 6 nitrogen and oxygen atoms in total. The zero-order valence-corrected chi connectivity index (χ0v) is 21.5. The summed E-state index contributed by atoms with van der Waals surface area (Å²) in [4.78, 5) is 23.2. The van der Waals surface area contributed by atoms with Crippen molar-refractivity contribution in [3.8, 4) is 0 Å². The topological polar surface area (TPSA) is 71.1 Å². The molecular weight excluding hydrogens is 420 g/mol. The molecule has 0 aromatic rings. The summed E-state index contributed by atoms with van der Waals surface area (Å²) in [7, 11) is 0. The van der Waals surface area contributed by atoms with Crippen LogP contribution in [-0.4, -0.2) is 44.2 Å². The molecule has 33 heavy (non-hydrogen) atoms. The molecule has 4 atom stereocenters.